The molecule has 3 N–H and O–H groups in total. The second kappa shape index (κ2) is 10.3. The van der Waals surface area contributed by atoms with E-state index in [1.54, 1.807) is 0 Å². The number of nitrogens with zero attached hydrogens (tertiary/aromatic N) is 5. The normalized spacial score (nSPS) is 22.4. The number of pyridine rings is 1. The summed E-state index contributed by atoms with van der Waals surface area (Å²) in [6.45, 7) is 5.15. The molecule has 1 saturated heterocycles. The van der Waals surface area contributed by atoms with Crippen molar-refractivity contribution in [3.63, 3.8) is 0 Å². The first kappa shape index (κ1) is 25.0. The van der Waals surface area contributed by atoms with E-state index in [0.717, 1.165) is 74.2 Å². The van der Waals surface area contributed by atoms with E-state index >= 15 is 0 Å². The summed E-state index contributed by atoms with van der Waals surface area (Å²) < 4.78 is 2.86. The zero-order chi connectivity index (χ0) is 25.4. The van der Waals surface area contributed by atoms with Crippen LogP contribution in [0.3, 0.4) is 0 Å². The monoisotopic (exact) mass is 529 g/mol. The van der Waals surface area contributed by atoms with E-state index in [1.807, 2.05) is 11.1 Å². The van der Waals surface area contributed by atoms with Gasteiger partial charge in [0, 0.05) is 31.1 Å². The third kappa shape index (κ3) is 5.06. The molecule has 2 amide bonds. The molecule has 0 bridgehead atoms. The Hall–Kier alpha value is -2.72. The fraction of sp³-hybridized carbons (Fsp3) is 0.560. The SMILES string of the molecule is CC(C)Cc1nc2cnc(N3CCC[C@H]3C(N)=O)cc2n1[C@@H]1CCC[C@H](NC(=O)c2ncc(Cl)s2)C1. The quantitative estimate of drug-likeness (QED) is 0.475. The van der Waals surface area contributed by atoms with Gasteiger partial charge in [-0.15, -0.1) is 0 Å². The molecule has 1 saturated carbocycles. The van der Waals surface area contributed by atoms with Crippen LogP contribution in [-0.2, 0) is 11.2 Å². The van der Waals surface area contributed by atoms with E-state index in [0.29, 0.717) is 15.3 Å². The van der Waals surface area contributed by atoms with E-state index in [9.17, 15) is 9.59 Å². The van der Waals surface area contributed by atoms with Crippen LogP contribution in [0.2, 0.25) is 4.34 Å². The number of fused-ring (bicyclic) bond motifs is 1. The molecule has 11 heteroatoms. The van der Waals surface area contributed by atoms with Crippen molar-refractivity contribution in [2.24, 2.45) is 11.7 Å². The van der Waals surface area contributed by atoms with Crippen LogP contribution in [0.1, 0.15) is 74.0 Å². The maximum atomic E-state index is 12.7. The van der Waals surface area contributed by atoms with Crippen LogP contribution in [0.5, 0.6) is 0 Å². The van der Waals surface area contributed by atoms with Gasteiger partial charge in [0.05, 0.1) is 17.9 Å². The number of anilines is 1. The smallest absolute Gasteiger partial charge is 0.280 e. The number of primary amides is 1. The van der Waals surface area contributed by atoms with Crippen LogP contribution < -0.4 is 16.0 Å². The Morgan fingerprint density at radius 2 is 2.06 bits per heavy atom. The largest absolute Gasteiger partial charge is 0.368 e. The molecule has 3 atom stereocenters. The molecular formula is C25H32ClN7O2S. The number of imidazole rings is 1. The lowest BCUT2D eigenvalue weighted by atomic mass is 9.90. The molecule has 0 radical (unpaired) electrons. The summed E-state index contributed by atoms with van der Waals surface area (Å²) in [6, 6.07) is 1.98. The number of amides is 2. The maximum absolute atomic E-state index is 12.7. The first-order valence-corrected chi connectivity index (χ1v) is 13.8. The van der Waals surface area contributed by atoms with Crippen molar-refractivity contribution >= 4 is 51.6 Å². The highest BCUT2D eigenvalue weighted by atomic mass is 35.5. The average molecular weight is 530 g/mol. The van der Waals surface area contributed by atoms with Crippen LogP contribution in [-0.4, -0.2) is 50.0 Å². The van der Waals surface area contributed by atoms with Gasteiger partial charge in [-0.3, -0.25) is 9.59 Å². The van der Waals surface area contributed by atoms with Gasteiger partial charge < -0.3 is 20.5 Å². The van der Waals surface area contributed by atoms with Crippen molar-refractivity contribution in [3.8, 4) is 0 Å². The van der Waals surface area contributed by atoms with Crippen LogP contribution in [0.4, 0.5) is 5.82 Å². The highest BCUT2D eigenvalue weighted by Gasteiger charge is 2.32. The van der Waals surface area contributed by atoms with Crippen molar-refractivity contribution in [2.45, 2.75) is 76.9 Å². The lowest BCUT2D eigenvalue weighted by Crippen LogP contribution is -2.40. The minimum Gasteiger partial charge on any atom is -0.368 e. The van der Waals surface area contributed by atoms with Gasteiger partial charge in [-0.25, -0.2) is 15.0 Å². The summed E-state index contributed by atoms with van der Waals surface area (Å²) in [5.74, 6) is 1.77. The Morgan fingerprint density at radius 3 is 2.78 bits per heavy atom. The number of nitrogens with two attached hydrogens (primary N) is 1. The molecule has 3 aromatic rings. The molecule has 9 nitrogen and oxygen atoms in total. The molecule has 5 rings (SSSR count). The van der Waals surface area contributed by atoms with Gasteiger partial charge in [-0.05, 0) is 44.4 Å². The molecule has 0 spiro atoms. The molecule has 2 aliphatic rings. The van der Waals surface area contributed by atoms with E-state index in [1.165, 1.54) is 17.5 Å². The topological polar surface area (TPSA) is 119 Å². The molecule has 192 valence electrons. The van der Waals surface area contributed by atoms with Crippen LogP contribution >= 0.6 is 22.9 Å². The summed E-state index contributed by atoms with van der Waals surface area (Å²) in [5, 5.41) is 3.56. The lowest BCUT2D eigenvalue weighted by Gasteiger charge is -2.32. The summed E-state index contributed by atoms with van der Waals surface area (Å²) >= 11 is 7.16. The van der Waals surface area contributed by atoms with Gasteiger partial charge >= 0.3 is 0 Å². The highest BCUT2D eigenvalue weighted by Crippen LogP contribution is 2.35. The number of hydrogen-bond donors (Lipinski definition) is 2. The number of thiazole rings is 1. The first-order valence-electron chi connectivity index (χ1n) is 12.6. The zero-order valence-electron chi connectivity index (χ0n) is 20.6. The number of hydrogen-bond acceptors (Lipinski definition) is 7. The maximum Gasteiger partial charge on any atom is 0.280 e. The highest BCUT2D eigenvalue weighted by molar-refractivity contribution is 7.17. The molecule has 1 aliphatic heterocycles. The average Bonchev–Trinajstić information content (AvgIpc) is 3.56. The third-order valence-electron chi connectivity index (χ3n) is 7.12. The first-order chi connectivity index (χ1) is 17.3. The number of carbonyl (C=O) groups excluding carboxylic acids is 2. The van der Waals surface area contributed by atoms with Gasteiger partial charge in [-0.2, -0.15) is 0 Å². The number of aromatic nitrogens is 4. The molecule has 0 unspecified atom stereocenters. The summed E-state index contributed by atoms with van der Waals surface area (Å²) in [4.78, 5) is 40.5. The van der Waals surface area contributed by atoms with Gasteiger partial charge in [-0.1, -0.05) is 36.8 Å². The second-order valence-electron chi connectivity index (χ2n) is 10.2. The molecule has 36 heavy (non-hydrogen) atoms. The Kier molecular flexibility index (Phi) is 7.16. The predicted molar refractivity (Wildman–Crippen MR) is 142 cm³/mol. The molecule has 0 aromatic carbocycles. The van der Waals surface area contributed by atoms with Crippen LogP contribution in [0.25, 0.3) is 11.0 Å². The van der Waals surface area contributed by atoms with Gasteiger partial charge in [0.15, 0.2) is 5.01 Å². The van der Waals surface area contributed by atoms with Crippen molar-refractivity contribution in [1.29, 1.82) is 0 Å². The molecular weight excluding hydrogens is 498 g/mol. The molecule has 3 aromatic heterocycles. The number of halogens is 1. The lowest BCUT2D eigenvalue weighted by molar-refractivity contribution is -0.119. The van der Waals surface area contributed by atoms with Gasteiger partial charge in [0.2, 0.25) is 5.91 Å². The zero-order valence-corrected chi connectivity index (χ0v) is 22.2. The second-order valence-corrected chi connectivity index (χ2v) is 11.9. The fourth-order valence-corrected chi connectivity index (χ4v) is 6.40. The minimum atomic E-state index is -0.324. The van der Waals surface area contributed by atoms with E-state index in [4.69, 9.17) is 22.3 Å². The summed E-state index contributed by atoms with van der Waals surface area (Å²) in [5.41, 5.74) is 7.55. The number of nitrogens with one attached hydrogen (secondary N) is 1. The summed E-state index contributed by atoms with van der Waals surface area (Å²) in [6.07, 6.45) is 9.59. The van der Waals surface area contributed by atoms with Gasteiger partial charge in [0.25, 0.3) is 5.91 Å². The molecule has 2 fully saturated rings. The molecule has 4 heterocycles. The Labute approximate surface area is 219 Å². The fourth-order valence-electron chi connectivity index (χ4n) is 5.58. The predicted octanol–water partition coefficient (Wildman–Crippen LogP) is 4.11. The van der Waals surface area contributed by atoms with Crippen molar-refractivity contribution in [1.82, 2.24) is 24.8 Å². The number of rotatable bonds is 7. The standard InChI is InChI=1S/C25H32ClN7O2S/c1-14(2)9-22-31-17-12-28-21(32-8-4-7-18(32)23(27)34)11-19(17)33(22)16-6-3-5-15(10-16)30-24(35)25-29-13-20(26)36-25/h11-16,18H,3-10H2,1-2H3,(H2,27,34)(H,30,35)/t15-,16+,18-/m0/s1. The minimum absolute atomic E-state index is 0.0439. The molecule has 1 aliphatic carbocycles. The Balaban J connectivity index is 1.45. The van der Waals surface area contributed by atoms with E-state index < -0.39 is 0 Å². The van der Waals surface area contributed by atoms with Gasteiger partial charge in [0.1, 0.15) is 27.5 Å². The number of carbonyl (C=O) groups is 2. The van der Waals surface area contributed by atoms with Crippen molar-refractivity contribution in [2.75, 3.05) is 11.4 Å². The van der Waals surface area contributed by atoms with Crippen molar-refractivity contribution in [3.05, 3.63) is 33.6 Å². The van der Waals surface area contributed by atoms with Crippen LogP contribution in [0, 0.1) is 5.92 Å². The summed E-state index contributed by atoms with van der Waals surface area (Å²) in [7, 11) is 0. The Morgan fingerprint density at radius 1 is 1.22 bits per heavy atom. The van der Waals surface area contributed by atoms with Crippen molar-refractivity contribution < 1.29 is 9.59 Å². The van der Waals surface area contributed by atoms with E-state index in [2.05, 4.69) is 39.8 Å². The Bertz CT molecular complexity index is 1270. The van der Waals surface area contributed by atoms with Crippen LogP contribution in [0.15, 0.2) is 18.5 Å². The third-order valence-corrected chi connectivity index (χ3v) is 8.23. The van der Waals surface area contributed by atoms with E-state index in [-0.39, 0.29) is 29.9 Å².